The van der Waals surface area contributed by atoms with E-state index in [4.69, 9.17) is 16.2 Å². The van der Waals surface area contributed by atoms with Crippen molar-refractivity contribution in [1.82, 2.24) is 0 Å². The fraction of sp³-hybridized carbons (Fsp3) is 0.222. The maximum Gasteiger partial charge on any atom is 0.340 e. The van der Waals surface area contributed by atoms with E-state index in [2.05, 4.69) is 0 Å². The first-order valence-corrected chi connectivity index (χ1v) is 4.04. The van der Waals surface area contributed by atoms with Crippen LogP contribution in [0.2, 0.25) is 0 Å². The Bertz CT molecular complexity index is 374. The van der Waals surface area contributed by atoms with Gasteiger partial charge in [-0.25, -0.2) is 4.79 Å². The van der Waals surface area contributed by atoms with E-state index in [1.807, 2.05) is 6.07 Å². The number of carbonyl (C=O) groups is 1. The average molecular weight is 178 g/mol. The highest BCUT2D eigenvalue weighted by molar-refractivity contribution is 6.00. The molecule has 4 nitrogen and oxygen atoms in total. The summed E-state index contributed by atoms with van der Waals surface area (Å²) in [6.07, 6.45) is 0.714. The molecule has 0 saturated carbocycles. The second kappa shape index (κ2) is 2.65. The standard InChI is InChI=1S/C9H10N2O2/c10-6-2-1-5-3-4-13-9(12)7(5)8(6)11/h1-2H,3-4,10-11H2. The van der Waals surface area contributed by atoms with E-state index in [1.54, 1.807) is 6.07 Å². The lowest BCUT2D eigenvalue weighted by atomic mass is 10.00. The molecule has 1 aliphatic heterocycles. The number of hydrogen-bond donors (Lipinski definition) is 2. The van der Waals surface area contributed by atoms with Gasteiger partial charge in [-0.1, -0.05) is 6.07 Å². The van der Waals surface area contributed by atoms with Crippen LogP contribution in [0.1, 0.15) is 15.9 Å². The van der Waals surface area contributed by atoms with Crippen LogP contribution >= 0.6 is 0 Å². The lowest BCUT2D eigenvalue weighted by Gasteiger charge is -2.17. The van der Waals surface area contributed by atoms with Gasteiger partial charge in [0.05, 0.1) is 23.5 Å². The van der Waals surface area contributed by atoms with E-state index >= 15 is 0 Å². The number of benzene rings is 1. The predicted molar refractivity (Wildman–Crippen MR) is 49.3 cm³/mol. The molecule has 13 heavy (non-hydrogen) atoms. The third-order valence-electron chi connectivity index (χ3n) is 2.17. The predicted octanol–water partition coefficient (Wildman–Crippen LogP) is 0.564. The zero-order valence-electron chi connectivity index (χ0n) is 7.04. The summed E-state index contributed by atoms with van der Waals surface area (Å²) in [5, 5.41) is 0. The van der Waals surface area contributed by atoms with Gasteiger partial charge in [-0.2, -0.15) is 0 Å². The smallest absolute Gasteiger partial charge is 0.340 e. The second-order valence-electron chi connectivity index (χ2n) is 2.99. The van der Waals surface area contributed by atoms with Crippen molar-refractivity contribution in [2.75, 3.05) is 18.1 Å². The maximum absolute atomic E-state index is 11.3. The highest BCUT2D eigenvalue weighted by Crippen LogP contribution is 2.27. The molecule has 0 unspecified atom stereocenters. The molecule has 0 aromatic heterocycles. The van der Waals surface area contributed by atoms with E-state index in [9.17, 15) is 4.79 Å². The van der Waals surface area contributed by atoms with Crippen LogP contribution in [0, 0.1) is 0 Å². The summed E-state index contributed by atoms with van der Waals surface area (Å²) in [6, 6.07) is 3.54. The summed E-state index contributed by atoms with van der Waals surface area (Å²) in [5.41, 5.74) is 13.4. The number of anilines is 2. The minimum absolute atomic E-state index is 0.335. The summed E-state index contributed by atoms with van der Waals surface area (Å²) < 4.78 is 4.87. The van der Waals surface area contributed by atoms with E-state index in [-0.39, 0.29) is 5.97 Å². The van der Waals surface area contributed by atoms with Gasteiger partial charge < -0.3 is 16.2 Å². The van der Waals surface area contributed by atoms with Gasteiger partial charge in [0.25, 0.3) is 0 Å². The summed E-state index contributed by atoms with van der Waals surface area (Å²) in [4.78, 5) is 11.3. The minimum atomic E-state index is -0.369. The monoisotopic (exact) mass is 178 g/mol. The average Bonchev–Trinajstić information content (AvgIpc) is 2.12. The number of hydrogen-bond acceptors (Lipinski definition) is 4. The number of fused-ring (bicyclic) bond motifs is 1. The Morgan fingerprint density at radius 1 is 1.31 bits per heavy atom. The molecule has 0 atom stereocenters. The Balaban J connectivity index is 2.65. The van der Waals surface area contributed by atoms with Gasteiger partial charge in [0.2, 0.25) is 0 Å². The third kappa shape index (κ3) is 1.11. The largest absolute Gasteiger partial charge is 0.462 e. The van der Waals surface area contributed by atoms with Crippen LogP contribution in [-0.2, 0) is 11.2 Å². The highest BCUT2D eigenvalue weighted by Gasteiger charge is 2.22. The van der Waals surface area contributed by atoms with Gasteiger partial charge in [0, 0.05) is 6.42 Å². The van der Waals surface area contributed by atoms with Crippen molar-refractivity contribution in [3.05, 3.63) is 23.3 Å². The Labute approximate surface area is 75.5 Å². The molecule has 4 heteroatoms. The molecule has 0 aliphatic carbocycles. The van der Waals surface area contributed by atoms with Crippen LogP contribution in [-0.4, -0.2) is 12.6 Å². The Morgan fingerprint density at radius 3 is 2.85 bits per heavy atom. The molecular weight excluding hydrogens is 168 g/mol. The lowest BCUT2D eigenvalue weighted by molar-refractivity contribution is 0.0482. The van der Waals surface area contributed by atoms with Crippen LogP contribution in [0.4, 0.5) is 11.4 Å². The molecule has 1 aromatic carbocycles. The molecule has 1 aliphatic rings. The number of cyclic esters (lactones) is 1. The second-order valence-corrected chi connectivity index (χ2v) is 2.99. The molecule has 1 heterocycles. The first kappa shape index (κ1) is 7.91. The Hall–Kier alpha value is -1.71. The van der Waals surface area contributed by atoms with Crippen LogP contribution in [0.5, 0.6) is 0 Å². The van der Waals surface area contributed by atoms with E-state index < -0.39 is 0 Å². The van der Waals surface area contributed by atoms with Crippen LogP contribution in [0.3, 0.4) is 0 Å². The third-order valence-corrected chi connectivity index (χ3v) is 2.17. The zero-order chi connectivity index (χ0) is 9.42. The van der Waals surface area contributed by atoms with Crippen molar-refractivity contribution in [3.8, 4) is 0 Å². The molecule has 68 valence electrons. The molecule has 0 amide bonds. The van der Waals surface area contributed by atoms with Gasteiger partial charge in [0.1, 0.15) is 0 Å². The number of nitrogens with two attached hydrogens (primary N) is 2. The molecule has 4 N–H and O–H groups in total. The van der Waals surface area contributed by atoms with Gasteiger partial charge in [-0.15, -0.1) is 0 Å². The molecular formula is C9H10N2O2. The molecule has 0 fully saturated rings. The first-order chi connectivity index (χ1) is 6.20. The molecule has 2 rings (SSSR count). The van der Waals surface area contributed by atoms with Crippen molar-refractivity contribution in [1.29, 1.82) is 0 Å². The van der Waals surface area contributed by atoms with E-state index in [0.717, 1.165) is 5.56 Å². The Morgan fingerprint density at radius 2 is 2.08 bits per heavy atom. The van der Waals surface area contributed by atoms with Crippen molar-refractivity contribution in [3.63, 3.8) is 0 Å². The van der Waals surface area contributed by atoms with Crippen molar-refractivity contribution in [2.45, 2.75) is 6.42 Å². The van der Waals surface area contributed by atoms with Gasteiger partial charge in [-0.05, 0) is 11.6 Å². The fourth-order valence-electron chi connectivity index (χ4n) is 1.46. The molecule has 0 radical (unpaired) electrons. The lowest BCUT2D eigenvalue weighted by Crippen LogP contribution is -2.20. The molecule has 1 aromatic rings. The topological polar surface area (TPSA) is 78.3 Å². The molecule has 0 spiro atoms. The number of carbonyl (C=O) groups excluding carboxylic acids is 1. The van der Waals surface area contributed by atoms with E-state index in [0.29, 0.717) is 30.0 Å². The van der Waals surface area contributed by atoms with Crippen molar-refractivity contribution >= 4 is 17.3 Å². The summed E-state index contributed by atoms with van der Waals surface area (Å²) >= 11 is 0. The van der Waals surface area contributed by atoms with Crippen LogP contribution < -0.4 is 11.5 Å². The SMILES string of the molecule is Nc1ccc2c(c1N)C(=O)OCC2. The van der Waals surface area contributed by atoms with Crippen LogP contribution in [0.15, 0.2) is 12.1 Å². The van der Waals surface area contributed by atoms with Crippen molar-refractivity contribution < 1.29 is 9.53 Å². The summed E-state index contributed by atoms with van der Waals surface area (Å²) in [7, 11) is 0. The Kier molecular flexibility index (Phi) is 1.62. The fourth-order valence-corrected chi connectivity index (χ4v) is 1.46. The minimum Gasteiger partial charge on any atom is -0.462 e. The number of nitrogen functional groups attached to an aromatic ring is 2. The maximum atomic E-state index is 11.3. The van der Waals surface area contributed by atoms with Crippen LogP contribution in [0.25, 0.3) is 0 Å². The quantitative estimate of drug-likeness (QED) is 0.449. The summed E-state index contributed by atoms with van der Waals surface area (Å²) in [5.74, 6) is -0.369. The number of ether oxygens (including phenoxy) is 1. The summed E-state index contributed by atoms with van der Waals surface area (Å²) in [6.45, 7) is 0.426. The van der Waals surface area contributed by atoms with Gasteiger partial charge in [0.15, 0.2) is 0 Å². The first-order valence-electron chi connectivity index (χ1n) is 4.04. The molecule has 0 saturated heterocycles. The highest BCUT2D eigenvalue weighted by atomic mass is 16.5. The zero-order valence-corrected chi connectivity index (χ0v) is 7.04. The molecule has 0 bridgehead atoms. The van der Waals surface area contributed by atoms with Gasteiger partial charge in [-0.3, -0.25) is 0 Å². The van der Waals surface area contributed by atoms with Gasteiger partial charge >= 0.3 is 5.97 Å². The normalized spacial score (nSPS) is 14.9. The van der Waals surface area contributed by atoms with Crippen molar-refractivity contribution in [2.24, 2.45) is 0 Å². The number of esters is 1. The number of rotatable bonds is 0. The van der Waals surface area contributed by atoms with E-state index in [1.165, 1.54) is 0 Å².